The Morgan fingerprint density at radius 1 is 0.569 bits per heavy atom. The maximum atomic E-state index is 12.4. The standard InChI is InChI=1S/C24H23NS.C21H19N3O2S2.C10H13Br/c1-16(17-8-7-9-19(14-17)24(2,3)4)18-12-13-23-21(15-18)25-20-10-5-6-11-22(20)26-23;1-14-7-10-17(11-8-14)28(25,26)24-23-15(2)16-9-12-21-19(13-16)22-18-5-3-4-6-20(18)27-21;1-10(2,3)8-5-4-6-9(11)7-8/h5-15,25H,1H2,2-4H3;3-13,22,24H,1-2H3;4-7H,1-3H3/b;23-15+;. The summed E-state index contributed by atoms with van der Waals surface area (Å²) >= 11 is 6.97. The second kappa shape index (κ2) is 19.9. The minimum Gasteiger partial charge on any atom is -0.354 e. The van der Waals surface area contributed by atoms with Crippen LogP contribution in [0.4, 0.5) is 22.7 Å². The lowest BCUT2D eigenvalue weighted by molar-refractivity contribution is 0.584. The second-order valence-corrected chi connectivity index (χ2v) is 22.8. The Labute approximate surface area is 402 Å². The van der Waals surface area contributed by atoms with Crippen LogP contribution in [-0.4, -0.2) is 14.1 Å². The van der Waals surface area contributed by atoms with Gasteiger partial charge in [0.05, 0.1) is 33.4 Å². The smallest absolute Gasteiger partial charge is 0.276 e. The van der Waals surface area contributed by atoms with E-state index in [1.807, 2.05) is 55.1 Å². The summed E-state index contributed by atoms with van der Waals surface area (Å²) in [5.41, 5.74) is 13.3. The van der Waals surface area contributed by atoms with Crippen molar-refractivity contribution >= 4 is 83.5 Å². The molecule has 0 atom stereocenters. The zero-order valence-electron chi connectivity index (χ0n) is 38.1. The van der Waals surface area contributed by atoms with E-state index in [4.69, 9.17) is 0 Å². The molecule has 0 fully saturated rings. The van der Waals surface area contributed by atoms with E-state index in [9.17, 15) is 8.42 Å². The summed E-state index contributed by atoms with van der Waals surface area (Å²) in [6.45, 7) is 21.4. The summed E-state index contributed by atoms with van der Waals surface area (Å²) in [7, 11) is -3.69. The van der Waals surface area contributed by atoms with Crippen molar-refractivity contribution in [3.63, 3.8) is 0 Å². The predicted octanol–water partition coefficient (Wildman–Crippen LogP) is 15.9. The van der Waals surface area contributed by atoms with Crippen LogP contribution in [0.1, 0.15) is 81.8 Å². The number of para-hydroxylation sites is 2. The van der Waals surface area contributed by atoms with Gasteiger partial charge in [-0.15, -0.1) is 0 Å². The second-order valence-electron chi connectivity index (χ2n) is 18.0. The number of hydrogen-bond acceptors (Lipinski definition) is 7. The maximum absolute atomic E-state index is 12.4. The molecule has 65 heavy (non-hydrogen) atoms. The molecule has 332 valence electrons. The van der Waals surface area contributed by atoms with Crippen molar-refractivity contribution in [1.82, 2.24) is 4.83 Å². The number of hydrogen-bond donors (Lipinski definition) is 3. The van der Waals surface area contributed by atoms with Crippen LogP contribution in [0.3, 0.4) is 0 Å². The highest BCUT2D eigenvalue weighted by Gasteiger charge is 2.20. The highest BCUT2D eigenvalue weighted by atomic mass is 79.9. The van der Waals surface area contributed by atoms with Crippen LogP contribution in [0.15, 0.2) is 198 Å². The van der Waals surface area contributed by atoms with Gasteiger partial charge in [0.15, 0.2) is 0 Å². The van der Waals surface area contributed by atoms with E-state index in [1.54, 1.807) is 43.0 Å². The molecule has 3 N–H and O–H groups in total. The Kier molecular flexibility index (Phi) is 14.5. The van der Waals surface area contributed by atoms with E-state index in [2.05, 4.69) is 182 Å². The van der Waals surface area contributed by atoms with Crippen molar-refractivity contribution in [3.8, 4) is 0 Å². The fraction of sp³-hybridized carbons (Fsp3) is 0.182. The van der Waals surface area contributed by atoms with Gasteiger partial charge >= 0.3 is 0 Å². The van der Waals surface area contributed by atoms with Gasteiger partial charge in [0.2, 0.25) is 0 Å². The lowest BCUT2D eigenvalue weighted by Crippen LogP contribution is -2.20. The number of benzene rings is 7. The van der Waals surface area contributed by atoms with Crippen LogP contribution in [0.5, 0.6) is 0 Å². The van der Waals surface area contributed by atoms with Crippen molar-refractivity contribution in [2.45, 2.75) is 90.7 Å². The molecule has 10 heteroatoms. The van der Waals surface area contributed by atoms with Crippen LogP contribution in [0.25, 0.3) is 5.57 Å². The first kappa shape index (κ1) is 47.4. The summed E-state index contributed by atoms with van der Waals surface area (Å²) in [5.74, 6) is 0. The summed E-state index contributed by atoms with van der Waals surface area (Å²) in [6, 6.07) is 52.9. The monoisotopic (exact) mass is 978 g/mol. The zero-order valence-corrected chi connectivity index (χ0v) is 42.1. The van der Waals surface area contributed by atoms with Crippen LogP contribution in [-0.2, 0) is 20.9 Å². The van der Waals surface area contributed by atoms with E-state index in [1.165, 1.54) is 37.1 Å². The number of rotatable bonds is 6. The molecular formula is C55H55BrN4O2S3. The number of halogens is 1. The van der Waals surface area contributed by atoms with Crippen LogP contribution in [0, 0.1) is 6.92 Å². The van der Waals surface area contributed by atoms with E-state index < -0.39 is 10.0 Å². The zero-order chi connectivity index (χ0) is 46.5. The number of fused-ring (bicyclic) bond motifs is 4. The summed E-state index contributed by atoms with van der Waals surface area (Å²) in [5, 5.41) is 11.1. The molecule has 0 radical (unpaired) electrons. The molecule has 7 aromatic carbocycles. The quantitative estimate of drug-likeness (QED) is 0.114. The number of sulfonamides is 1. The molecule has 0 bridgehead atoms. The first-order valence-corrected chi connectivity index (χ1v) is 25.3. The highest BCUT2D eigenvalue weighted by molar-refractivity contribution is 9.10. The number of hydrazone groups is 1. The van der Waals surface area contributed by atoms with Gasteiger partial charge in [0, 0.05) is 24.1 Å². The minimum absolute atomic E-state index is 0.133. The molecule has 0 saturated heterocycles. The van der Waals surface area contributed by atoms with Gasteiger partial charge in [-0.25, -0.2) is 0 Å². The molecule has 2 heterocycles. The van der Waals surface area contributed by atoms with E-state index in [0.717, 1.165) is 48.7 Å². The van der Waals surface area contributed by atoms with E-state index >= 15 is 0 Å². The van der Waals surface area contributed by atoms with E-state index in [0.29, 0.717) is 5.71 Å². The van der Waals surface area contributed by atoms with Gasteiger partial charge in [0.25, 0.3) is 10.0 Å². The first-order chi connectivity index (χ1) is 30.8. The highest BCUT2D eigenvalue weighted by Crippen LogP contribution is 2.46. The van der Waals surface area contributed by atoms with Gasteiger partial charge in [-0.2, -0.15) is 18.4 Å². The Morgan fingerprint density at radius 3 is 1.58 bits per heavy atom. The molecule has 0 unspecified atom stereocenters. The first-order valence-electron chi connectivity index (χ1n) is 21.4. The van der Waals surface area contributed by atoms with Crippen LogP contribution >= 0.6 is 39.5 Å². The molecule has 0 spiro atoms. The summed E-state index contributed by atoms with van der Waals surface area (Å²) in [4.78, 5) is 7.33. The Bertz CT molecular complexity index is 3010. The van der Waals surface area contributed by atoms with Crippen LogP contribution in [0.2, 0.25) is 0 Å². The van der Waals surface area contributed by atoms with Gasteiger partial charge in [0.1, 0.15) is 0 Å². The van der Waals surface area contributed by atoms with Crippen molar-refractivity contribution in [1.29, 1.82) is 0 Å². The third-order valence-electron chi connectivity index (χ3n) is 10.9. The fourth-order valence-electron chi connectivity index (χ4n) is 6.95. The molecule has 6 nitrogen and oxygen atoms in total. The summed E-state index contributed by atoms with van der Waals surface area (Å²) in [6.07, 6.45) is 0. The number of nitrogens with one attached hydrogen (secondary N) is 3. The number of anilines is 4. The molecule has 7 aromatic rings. The van der Waals surface area contributed by atoms with Gasteiger partial charge in [-0.3, -0.25) is 0 Å². The molecular weight excluding hydrogens is 925 g/mol. The minimum atomic E-state index is -3.69. The molecule has 2 aliphatic rings. The Morgan fingerprint density at radius 2 is 1.05 bits per heavy atom. The lowest BCUT2D eigenvalue weighted by atomic mass is 9.85. The average molecular weight is 980 g/mol. The molecule has 9 rings (SSSR count). The van der Waals surface area contributed by atoms with Crippen LogP contribution < -0.4 is 15.5 Å². The number of nitrogens with zero attached hydrogens (tertiary/aromatic N) is 1. The molecule has 2 aliphatic heterocycles. The SMILES string of the molecule is C/C(=N\NS(=O)(=O)c1ccc(C)cc1)c1ccc2c(c1)Nc1ccccc1S2.C=C(c1cccc(C(C)(C)C)c1)c1ccc2c(c1)Nc1ccccc1S2.CC(C)(C)c1cccc(Br)c1. The third-order valence-corrected chi connectivity index (χ3v) is 14.9. The normalized spacial score (nSPS) is 12.8. The molecule has 0 amide bonds. The van der Waals surface area contributed by atoms with Crippen molar-refractivity contribution < 1.29 is 8.42 Å². The van der Waals surface area contributed by atoms with Gasteiger partial charge in [-0.1, -0.05) is 178 Å². The lowest BCUT2D eigenvalue weighted by Gasteiger charge is -2.22. The fourth-order valence-corrected chi connectivity index (χ4v) is 10.1. The Hall–Kier alpha value is -5.52. The Balaban J connectivity index is 0.000000158. The van der Waals surface area contributed by atoms with Crippen molar-refractivity contribution in [2.75, 3.05) is 10.6 Å². The maximum Gasteiger partial charge on any atom is 0.276 e. The third kappa shape index (κ3) is 12.0. The van der Waals surface area contributed by atoms with Gasteiger partial charge in [-0.05, 0) is 131 Å². The number of aryl methyl sites for hydroxylation is 1. The topological polar surface area (TPSA) is 82.6 Å². The van der Waals surface area contributed by atoms with E-state index in [-0.39, 0.29) is 15.7 Å². The predicted molar refractivity (Wildman–Crippen MR) is 280 cm³/mol. The van der Waals surface area contributed by atoms with Crippen molar-refractivity contribution in [3.05, 3.63) is 202 Å². The van der Waals surface area contributed by atoms with Gasteiger partial charge < -0.3 is 10.6 Å². The average Bonchev–Trinajstić information content (AvgIpc) is 3.29. The molecule has 0 aliphatic carbocycles. The molecule has 0 aromatic heterocycles. The largest absolute Gasteiger partial charge is 0.354 e. The summed E-state index contributed by atoms with van der Waals surface area (Å²) < 4.78 is 26.0. The van der Waals surface area contributed by atoms with Crippen molar-refractivity contribution in [2.24, 2.45) is 5.10 Å². The molecule has 0 saturated carbocycles.